The predicted molar refractivity (Wildman–Crippen MR) is 74.0 cm³/mol. The van der Waals surface area contributed by atoms with E-state index >= 15 is 0 Å². The van der Waals surface area contributed by atoms with Crippen molar-refractivity contribution in [1.29, 1.82) is 0 Å². The second-order valence-corrected chi connectivity index (χ2v) is 4.26. The summed E-state index contributed by atoms with van der Waals surface area (Å²) in [6, 6.07) is 4.53. The van der Waals surface area contributed by atoms with Crippen molar-refractivity contribution in [1.82, 2.24) is 0 Å². The number of rotatable bonds is 5. The van der Waals surface area contributed by atoms with Crippen molar-refractivity contribution in [2.75, 3.05) is 24.4 Å². The fourth-order valence-electron chi connectivity index (χ4n) is 1.52. The Morgan fingerprint density at radius 2 is 2.05 bits per heavy atom. The topological polar surface area (TPSA) is 93.4 Å². The third kappa shape index (κ3) is 4.69. The predicted octanol–water partition coefficient (Wildman–Crippen LogP) is 0.866. The molecule has 19 heavy (non-hydrogen) atoms. The van der Waals surface area contributed by atoms with Crippen molar-refractivity contribution >= 4 is 23.2 Å². The van der Waals surface area contributed by atoms with Gasteiger partial charge in [-0.05, 0) is 24.6 Å². The van der Waals surface area contributed by atoms with E-state index in [4.69, 9.17) is 10.5 Å². The number of anilines is 2. The second-order valence-electron chi connectivity index (χ2n) is 4.26. The number of nitrogens with one attached hydrogen (secondary N) is 2. The van der Waals surface area contributed by atoms with Crippen LogP contribution in [0.15, 0.2) is 18.2 Å². The van der Waals surface area contributed by atoms with E-state index in [1.807, 2.05) is 13.0 Å². The number of benzene rings is 1. The molecule has 0 radical (unpaired) electrons. The monoisotopic (exact) mass is 265 g/mol. The smallest absolute Gasteiger partial charge is 0.243 e. The lowest BCUT2D eigenvalue weighted by molar-refractivity contribution is -0.118. The molecule has 6 nitrogen and oxygen atoms in total. The minimum absolute atomic E-state index is 0.149. The minimum atomic E-state index is -0.728. The average Bonchev–Trinajstić information content (AvgIpc) is 2.33. The summed E-state index contributed by atoms with van der Waals surface area (Å²) in [5, 5.41) is 5.37. The number of amides is 2. The van der Waals surface area contributed by atoms with Crippen LogP contribution in [-0.4, -0.2) is 31.6 Å². The zero-order chi connectivity index (χ0) is 14.4. The number of hydrogen-bond donors (Lipinski definition) is 3. The van der Waals surface area contributed by atoms with Gasteiger partial charge in [-0.3, -0.25) is 9.59 Å². The first kappa shape index (κ1) is 15.1. The highest BCUT2D eigenvalue weighted by Crippen LogP contribution is 2.20. The fraction of sp³-hybridized carbons (Fsp3) is 0.385. The first-order chi connectivity index (χ1) is 8.93. The molecule has 1 rings (SSSR count). The molecule has 104 valence electrons. The Bertz CT molecular complexity index is 474. The van der Waals surface area contributed by atoms with Crippen LogP contribution in [0.2, 0.25) is 0 Å². The first-order valence-corrected chi connectivity index (χ1v) is 5.87. The zero-order valence-corrected chi connectivity index (χ0v) is 11.3. The van der Waals surface area contributed by atoms with Crippen molar-refractivity contribution in [2.24, 2.45) is 5.73 Å². The van der Waals surface area contributed by atoms with Gasteiger partial charge >= 0.3 is 0 Å². The summed E-state index contributed by atoms with van der Waals surface area (Å²) in [6.45, 7) is 3.43. The van der Waals surface area contributed by atoms with Crippen LogP contribution in [0, 0.1) is 6.92 Å². The van der Waals surface area contributed by atoms with Gasteiger partial charge in [0.25, 0.3) is 0 Å². The second kappa shape index (κ2) is 6.86. The molecule has 4 N–H and O–H groups in total. The Balaban J connectivity index is 2.82. The van der Waals surface area contributed by atoms with Gasteiger partial charge in [0.15, 0.2) is 0 Å². The van der Waals surface area contributed by atoms with Crippen LogP contribution >= 0.6 is 0 Å². The number of carbonyl (C=O) groups is 2. The van der Waals surface area contributed by atoms with Crippen LogP contribution in [0.25, 0.3) is 0 Å². The molecule has 1 aromatic carbocycles. The standard InChI is InChI=1S/C13H19N3O3/c1-8-4-5-10(15-9(2)17)6-12(8)16-13(18)11(14)7-19-3/h4-6,11H,7,14H2,1-3H3,(H,15,17)(H,16,18). The average molecular weight is 265 g/mol. The molecular formula is C13H19N3O3. The van der Waals surface area contributed by atoms with E-state index in [2.05, 4.69) is 10.6 Å². The van der Waals surface area contributed by atoms with Gasteiger partial charge < -0.3 is 21.1 Å². The summed E-state index contributed by atoms with van der Waals surface area (Å²) in [5.74, 6) is -0.498. The van der Waals surface area contributed by atoms with E-state index < -0.39 is 6.04 Å². The van der Waals surface area contributed by atoms with E-state index in [0.717, 1.165) is 5.56 Å². The van der Waals surface area contributed by atoms with E-state index in [1.54, 1.807) is 12.1 Å². The molecule has 1 atom stereocenters. The lowest BCUT2D eigenvalue weighted by Crippen LogP contribution is -2.39. The van der Waals surface area contributed by atoms with E-state index in [9.17, 15) is 9.59 Å². The Kier molecular flexibility index (Phi) is 5.47. The van der Waals surface area contributed by atoms with Crippen molar-refractivity contribution in [3.8, 4) is 0 Å². The summed E-state index contributed by atoms with van der Waals surface area (Å²) in [7, 11) is 1.48. The van der Waals surface area contributed by atoms with Crippen molar-refractivity contribution < 1.29 is 14.3 Å². The summed E-state index contributed by atoms with van der Waals surface area (Å²) >= 11 is 0. The molecule has 2 amide bonds. The molecular weight excluding hydrogens is 246 g/mol. The van der Waals surface area contributed by atoms with Gasteiger partial charge in [0, 0.05) is 25.4 Å². The van der Waals surface area contributed by atoms with E-state index in [-0.39, 0.29) is 18.4 Å². The number of nitrogens with two attached hydrogens (primary N) is 1. The highest BCUT2D eigenvalue weighted by atomic mass is 16.5. The molecule has 1 unspecified atom stereocenters. The van der Waals surface area contributed by atoms with Crippen molar-refractivity contribution in [2.45, 2.75) is 19.9 Å². The Morgan fingerprint density at radius 3 is 2.63 bits per heavy atom. The third-order valence-corrected chi connectivity index (χ3v) is 2.50. The van der Waals surface area contributed by atoms with Crippen LogP contribution in [0.3, 0.4) is 0 Å². The van der Waals surface area contributed by atoms with Crippen molar-refractivity contribution in [3.63, 3.8) is 0 Å². The maximum atomic E-state index is 11.8. The summed E-state index contributed by atoms with van der Waals surface area (Å²) in [4.78, 5) is 22.8. The Hall–Kier alpha value is -1.92. The number of carbonyl (C=O) groups excluding carboxylic acids is 2. The third-order valence-electron chi connectivity index (χ3n) is 2.50. The summed E-state index contributed by atoms with van der Waals surface area (Å²) in [5.41, 5.74) is 7.75. The molecule has 0 aliphatic rings. The van der Waals surface area contributed by atoms with Crippen LogP contribution < -0.4 is 16.4 Å². The normalized spacial score (nSPS) is 11.8. The van der Waals surface area contributed by atoms with Crippen LogP contribution in [0.1, 0.15) is 12.5 Å². The number of ether oxygens (including phenoxy) is 1. The SMILES string of the molecule is COCC(N)C(=O)Nc1cc(NC(C)=O)ccc1C. The van der Waals surface area contributed by atoms with E-state index in [1.165, 1.54) is 14.0 Å². The fourth-order valence-corrected chi connectivity index (χ4v) is 1.52. The van der Waals surface area contributed by atoms with Crippen LogP contribution in [0.5, 0.6) is 0 Å². The molecule has 0 bridgehead atoms. The Morgan fingerprint density at radius 1 is 1.37 bits per heavy atom. The van der Waals surface area contributed by atoms with E-state index in [0.29, 0.717) is 11.4 Å². The molecule has 1 aromatic rings. The summed E-state index contributed by atoms with van der Waals surface area (Å²) < 4.78 is 4.83. The highest BCUT2D eigenvalue weighted by molar-refractivity contribution is 5.96. The molecule has 0 aliphatic heterocycles. The maximum Gasteiger partial charge on any atom is 0.243 e. The molecule has 0 saturated heterocycles. The summed E-state index contributed by atoms with van der Waals surface area (Å²) in [6.07, 6.45) is 0. The molecule has 0 fully saturated rings. The van der Waals surface area contributed by atoms with Gasteiger partial charge in [0.05, 0.1) is 6.61 Å². The number of hydrogen-bond acceptors (Lipinski definition) is 4. The number of aryl methyl sites for hydroxylation is 1. The minimum Gasteiger partial charge on any atom is -0.383 e. The van der Waals surface area contributed by atoms with Gasteiger partial charge in [-0.25, -0.2) is 0 Å². The lowest BCUT2D eigenvalue weighted by Gasteiger charge is -2.14. The quantitative estimate of drug-likeness (QED) is 0.736. The van der Waals surface area contributed by atoms with Gasteiger partial charge in [0.2, 0.25) is 11.8 Å². The highest BCUT2D eigenvalue weighted by Gasteiger charge is 2.14. The van der Waals surface area contributed by atoms with Gasteiger partial charge in [-0.15, -0.1) is 0 Å². The Labute approximate surface area is 112 Å². The molecule has 0 aromatic heterocycles. The molecule has 0 saturated carbocycles. The molecule has 0 spiro atoms. The zero-order valence-electron chi connectivity index (χ0n) is 11.3. The number of methoxy groups -OCH3 is 1. The maximum absolute atomic E-state index is 11.8. The largest absolute Gasteiger partial charge is 0.383 e. The van der Waals surface area contributed by atoms with Gasteiger partial charge in [0.1, 0.15) is 6.04 Å². The lowest BCUT2D eigenvalue weighted by atomic mass is 10.1. The van der Waals surface area contributed by atoms with Crippen LogP contribution in [0.4, 0.5) is 11.4 Å². The van der Waals surface area contributed by atoms with Crippen molar-refractivity contribution in [3.05, 3.63) is 23.8 Å². The van der Waals surface area contributed by atoms with Crippen LogP contribution in [-0.2, 0) is 14.3 Å². The molecule has 0 aliphatic carbocycles. The molecule has 0 heterocycles. The first-order valence-electron chi connectivity index (χ1n) is 5.87. The van der Waals surface area contributed by atoms with Gasteiger partial charge in [-0.1, -0.05) is 6.07 Å². The van der Waals surface area contributed by atoms with Gasteiger partial charge in [-0.2, -0.15) is 0 Å². The molecule has 6 heteroatoms.